The van der Waals surface area contributed by atoms with Crippen LogP contribution in [0.2, 0.25) is 0 Å². The van der Waals surface area contributed by atoms with Crippen LogP contribution in [0.5, 0.6) is 0 Å². The molecule has 9 nitrogen and oxygen atoms in total. The molecule has 0 aromatic carbocycles. The van der Waals surface area contributed by atoms with E-state index in [1.807, 2.05) is 5.32 Å². The number of nitrogens with zero attached hydrogens (tertiary/aromatic N) is 1. The monoisotopic (exact) mass is 271 g/mol. The summed E-state index contributed by atoms with van der Waals surface area (Å²) in [6.45, 7) is 0.654. The van der Waals surface area contributed by atoms with Crippen LogP contribution in [-0.4, -0.2) is 44.0 Å². The molecule has 9 heteroatoms. The predicted molar refractivity (Wildman–Crippen MR) is 62.6 cm³/mol. The summed E-state index contributed by atoms with van der Waals surface area (Å²) < 4.78 is 0.735. The van der Waals surface area contributed by atoms with Crippen molar-refractivity contribution in [3.63, 3.8) is 0 Å². The second kappa shape index (κ2) is 5.96. The molecule has 19 heavy (non-hydrogen) atoms. The van der Waals surface area contributed by atoms with Gasteiger partial charge in [-0.15, -0.1) is 0 Å². The second-order valence-corrected chi connectivity index (χ2v) is 3.86. The van der Waals surface area contributed by atoms with Gasteiger partial charge >= 0.3 is 5.97 Å². The van der Waals surface area contributed by atoms with E-state index in [0.29, 0.717) is 0 Å². The van der Waals surface area contributed by atoms with Crippen molar-refractivity contribution in [2.45, 2.75) is 25.6 Å². The summed E-state index contributed by atoms with van der Waals surface area (Å²) in [6.07, 6.45) is -1.30. The smallest absolute Gasteiger partial charge is 0.328 e. The lowest BCUT2D eigenvalue weighted by atomic mass is 10.2. The molecule has 0 aliphatic rings. The van der Waals surface area contributed by atoms with Crippen LogP contribution in [0.1, 0.15) is 6.92 Å². The second-order valence-electron chi connectivity index (χ2n) is 3.86. The Bertz CT molecular complexity index is 587. The van der Waals surface area contributed by atoms with E-state index in [-0.39, 0.29) is 0 Å². The van der Waals surface area contributed by atoms with Crippen molar-refractivity contribution in [1.82, 2.24) is 15.1 Å². The summed E-state index contributed by atoms with van der Waals surface area (Å²) in [7, 11) is 0. The number of rotatable bonds is 5. The molecule has 0 fully saturated rings. The summed E-state index contributed by atoms with van der Waals surface area (Å²) in [4.78, 5) is 44.6. The van der Waals surface area contributed by atoms with Crippen LogP contribution < -0.4 is 16.4 Å². The Labute approximate surface area is 106 Å². The molecule has 1 rings (SSSR count). The van der Waals surface area contributed by atoms with Gasteiger partial charge in [-0.2, -0.15) is 0 Å². The van der Waals surface area contributed by atoms with Crippen LogP contribution in [0.15, 0.2) is 21.7 Å². The van der Waals surface area contributed by atoms with Gasteiger partial charge in [0.1, 0.15) is 6.54 Å². The van der Waals surface area contributed by atoms with Gasteiger partial charge in [0, 0.05) is 12.1 Å². The van der Waals surface area contributed by atoms with Crippen molar-refractivity contribution in [3.05, 3.63) is 32.8 Å². The molecule has 0 bridgehead atoms. The zero-order valence-electron chi connectivity index (χ0n) is 9.99. The first-order valence-corrected chi connectivity index (χ1v) is 5.31. The third-order valence-corrected chi connectivity index (χ3v) is 2.26. The molecule has 0 radical (unpaired) electrons. The molecule has 0 aliphatic heterocycles. The van der Waals surface area contributed by atoms with Gasteiger partial charge in [0.05, 0.1) is 6.10 Å². The zero-order valence-corrected chi connectivity index (χ0v) is 9.99. The summed E-state index contributed by atoms with van der Waals surface area (Å²) in [6, 6.07) is 0.501. The number of aliphatic hydroxyl groups is 1. The Balaban J connectivity index is 2.80. The fraction of sp³-hybridized carbons (Fsp3) is 0.400. The van der Waals surface area contributed by atoms with Gasteiger partial charge in [-0.05, 0) is 6.92 Å². The highest BCUT2D eigenvalue weighted by Gasteiger charge is 2.25. The molecule has 104 valence electrons. The number of hydrogen-bond donors (Lipinski definition) is 4. The number of amides is 1. The minimum atomic E-state index is -1.49. The first-order chi connectivity index (χ1) is 8.81. The topological polar surface area (TPSA) is 141 Å². The summed E-state index contributed by atoms with van der Waals surface area (Å²) in [5, 5.41) is 22.1. The van der Waals surface area contributed by atoms with Crippen molar-refractivity contribution in [2.24, 2.45) is 0 Å². The average molecular weight is 271 g/mol. The number of hydrogen-bond acceptors (Lipinski definition) is 5. The Morgan fingerprint density at radius 3 is 2.58 bits per heavy atom. The predicted octanol–water partition coefficient (Wildman–Crippen LogP) is -2.51. The van der Waals surface area contributed by atoms with E-state index in [4.69, 9.17) is 5.11 Å². The molecular weight excluding hydrogens is 258 g/mol. The molecule has 2 atom stereocenters. The normalized spacial score (nSPS) is 13.6. The van der Waals surface area contributed by atoms with E-state index in [2.05, 4.69) is 5.10 Å². The maximum Gasteiger partial charge on any atom is 0.328 e. The van der Waals surface area contributed by atoms with Crippen LogP contribution in [0, 0.1) is 0 Å². The van der Waals surface area contributed by atoms with Crippen molar-refractivity contribution in [3.8, 4) is 0 Å². The van der Waals surface area contributed by atoms with Crippen molar-refractivity contribution in [2.75, 3.05) is 0 Å². The van der Waals surface area contributed by atoms with Crippen molar-refractivity contribution >= 4 is 11.9 Å². The summed E-state index contributed by atoms with van der Waals surface area (Å²) in [5.41, 5.74) is -1.18. The number of aromatic nitrogens is 2. The lowest BCUT2D eigenvalue weighted by Gasteiger charge is -2.17. The molecule has 1 aromatic rings. The van der Waals surface area contributed by atoms with Crippen LogP contribution in [0.25, 0.3) is 0 Å². The third-order valence-electron chi connectivity index (χ3n) is 2.26. The van der Waals surface area contributed by atoms with Crippen LogP contribution >= 0.6 is 0 Å². The Kier molecular flexibility index (Phi) is 4.59. The Morgan fingerprint density at radius 1 is 1.42 bits per heavy atom. The standard InChI is InChI=1S/C10H13N3O6/c1-5(14)9(10(18)19)11-7(16)4-13-8(17)3-2-6(15)12-13/h2-3,5,9,14H,4H2,1H3,(H,11,16)(H,12,15)(H,18,19). The molecule has 1 amide bonds. The first-order valence-electron chi connectivity index (χ1n) is 5.31. The maximum atomic E-state index is 11.5. The average Bonchev–Trinajstić information content (AvgIpc) is 2.30. The van der Waals surface area contributed by atoms with Crippen molar-refractivity contribution < 1.29 is 19.8 Å². The number of carboxylic acids is 1. The largest absolute Gasteiger partial charge is 0.480 e. The number of carbonyl (C=O) groups excluding carboxylic acids is 1. The van der Waals surface area contributed by atoms with E-state index in [1.165, 1.54) is 6.92 Å². The van der Waals surface area contributed by atoms with Crippen molar-refractivity contribution in [1.29, 1.82) is 0 Å². The molecule has 2 unspecified atom stereocenters. The SMILES string of the molecule is CC(O)C(NC(=O)Cn1[nH]c(=O)ccc1=O)C(=O)O. The van der Waals surface area contributed by atoms with E-state index in [0.717, 1.165) is 16.8 Å². The minimum Gasteiger partial charge on any atom is -0.480 e. The lowest BCUT2D eigenvalue weighted by Crippen LogP contribution is -2.49. The summed E-state index contributed by atoms with van der Waals surface area (Å²) >= 11 is 0. The number of aromatic amines is 1. The van der Waals surface area contributed by atoms with Gasteiger partial charge < -0.3 is 15.5 Å². The fourth-order valence-corrected chi connectivity index (χ4v) is 1.33. The molecule has 0 aliphatic carbocycles. The van der Waals surface area contributed by atoms with Gasteiger partial charge in [-0.1, -0.05) is 0 Å². The quantitative estimate of drug-likeness (QED) is 0.466. The number of nitrogens with one attached hydrogen (secondary N) is 2. The van der Waals surface area contributed by atoms with Crippen LogP contribution in [-0.2, 0) is 16.1 Å². The van der Waals surface area contributed by atoms with Gasteiger partial charge in [0.15, 0.2) is 6.04 Å². The van der Waals surface area contributed by atoms with Gasteiger partial charge in [0.25, 0.3) is 11.1 Å². The van der Waals surface area contributed by atoms with E-state index >= 15 is 0 Å². The Morgan fingerprint density at radius 2 is 2.05 bits per heavy atom. The molecule has 0 saturated heterocycles. The number of aliphatic carboxylic acids is 1. The molecule has 4 N–H and O–H groups in total. The molecule has 1 heterocycles. The molecule has 0 saturated carbocycles. The minimum absolute atomic E-state index is 0.550. The third kappa shape index (κ3) is 4.07. The highest BCUT2D eigenvalue weighted by molar-refractivity contribution is 5.83. The fourth-order valence-electron chi connectivity index (χ4n) is 1.33. The van der Waals surface area contributed by atoms with E-state index < -0.39 is 41.7 Å². The highest BCUT2D eigenvalue weighted by atomic mass is 16.4. The lowest BCUT2D eigenvalue weighted by molar-refractivity contribution is -0.144. The maximum absolute atomic E-state index is 11.5. The zero-order chi connectivity index (χ0) is 14.6. The van der Waals surface area contributed by atoms with E-state index in [1.54, 1.807) is 0 Å². The van der Waals surface area contributed by atoms with Gasteiger partial charge in [-0.25, -0.2) is 9.48 Å². The number of carbonyl (C=O) groups is 2. The number of aliphatic hydroxyl groups excluding tert-OH is 1. The van der Waals surface area contributed by atoms with E-state index in [9.17, 15) is 24.3 Å². The first kappa shape index (κ1) is 14.6. The molecule has 0 spiro atoms. The Hall–Kier alpha value is -2.42. The summed E-state index contributed by atoms with van der Waals surface area (Å²) in [5.74, 6) is -2.23. The number of H-pyrrole nitrogens is 1. The highest BCUT2D eigenvalue weighted by Crippen LogP contribution is 1.93. The van der Waals surface area contributed by atoms with Crippen LogP contribution in [0.3, 0.4) is 0 Å². The van der Waals surface area contributed by atoms with Gasteiger partial charge in [0.2, 0.25) is 5.91 Å². The molecular formula is C10H13N3O6. The van der Waals surface area contributed by atoms with Crippen LogP contribution in [0.4, 0.5) is 0 Å². The number of carboxylic acid groups (broad SMARTS) is 1. The molecule has 1 aromatic heterocycles. The van der Waals surface area contributed by atoms with Gasteiger partial charge in [-0.3, -0.25) is 19.5 Å².